The van der Waals surface area contributed by atoms with Gasteiger partial charge in [-0.05, 0) is 23.6 Å². The second kappa shape index (κ2) is 3.97. The maximum absolute atomic E-state index is 12.4. The van der Waals surface area contributed by atoms with Gasteiger partial charge < -0.3 is 0 Å². The molecule has 6 heteroatoms. The van der Waals surface area contributed by atoms with Gasteiger partial charge in [-0.2, -0.15) is 0 Å². The van der Waals surface area contributed by atoms with Crippen LogP contribution in [0.15, 0.2) is 12.1 Å². The molecule has 86 valence electrons. The summed E-state index contributed by atoms with van der Waals surface area (Å²) < 4.78 is 26.0. The normalized spacial score (nSPS) is 11.9. The monoisotopic (exact) mass is 245 g/mol. The van der Waals surface area contributed by atoms with E-state index in [1.54, 1.807) is 12.1 Å². The van der Waals surface area contributed by atoms with Crippen LogP contribution in [0.3, 0.4) is 0 Å². The molecule has 16 heavy (non-hydrogen) atoms. The van der Waals surface area contributed by atoms with Crippen molar-refractivity contribution >= 4 is 17.2 Å². The summed E-state index contributed by atoms with van der Waals surface area (Å²) >= 11 is 5.94. The second-order valence-corrected chi connectivity index (χ2v) is 4.19. The Morgan fingerprint density at radius 3 is 2.56 bits per heavy atom. The fraction of sp³-hybridized carbons (Fsp3) is 0.400. The minimum Gasteiger partial charge on any atom is -0.206 e. The number of aromatic nitrogens is 3. The van der Waals surface area contributed by atoms with Crippen LogP contribution in [0.2, 0.25) is 5.15 Å². The third-order valence-electron chi connectivity index (χ3n) is 2.29. The van der Waals surface area contributed by atoms with Crippen molar-refractivity contribution in [1.82, 2.24) is 14.6 Å². The fourth-order valence-electron chi connectivity index (χ4n) is 1.41. The zero-order chi connectivity index (χ0) is 11.9. The van der Waals surface area contributed by atoms with Crippen LogP contribution in [0.25, 0.3) is 5.65 Å². The lowest BCUT2D eigenvalue weighted by molar-refractivity contribution is 0.140. The first-order valence-corrected chi connectivity index (χ1v) is 5.21. The Bertz CT molecular complexity index is 522. The smallest absolute Gasteiger partial charge is 0.206 e. The van der Waals surface area contributed by atoms with E-state index >= 15 is 0 Å². The lowest BCUT2D eigenvalue weighted by atomic mass is 10.1. The average Bonchev–Trinajstić information content (AvgIpc) is 2.61. The third-order valence-corrected chi connectivity index (χ3v) is 2.56. The number of rotatable bonds is 2. The van der Waals surface area contributed by atoms with E-state index in [9.17, 15) is 8.78 Å². The molecule has 0 bridgehead atoms. The lowest BCUT2D eigenvalue weighted by Gasteiger charge is -2.05. The van der Waals surface area contributed by atoms with Crippen molar-refractivity contribution in [3.8, 4) is 0 Å². The standard InChI is InChI=1S/C10H10ClF2N3/c1-5(2)6-3-7(11)16-8(4-6)14-10(15-16)9(12)13/h3-5,9H,1-2H3. The molecule has 0 fully saturated rings. The Morgan fingerprint density at radius 1 is 1.31 bits per heavy atom. The quantitative estimate of drug-likeness (QED) is 0.759. The highest BCUT2D eigenvalue weighted by molar-refractivity contribution is 6.29. The number of hydrogen-bond acceptors (Lipinski definition) is 2. The third kappa shape index (κ3) is 1.87. The molecule has 2 heterocycles. The zero-order valence-electron chi connectivity index (χ0n) is 8.78. The van der Waals surface area contributed by atoms with Gasteiger partial charge in [-0.3, -0.25) is 0 Å². The maximum atomic E-state index is 12.4. The Hall–Kier alpha value is -1.23. The number of hydrogen-bond donors (Lipinski definition) is 0. The first-order chi connectivity index (χ1) is 7.49. The van der Waals surface area contributed by atoms with Gasteiger partial charge in [-0.25, -0.2) is 18.3 Å². The fourth-order valence-corrected chi connectivity index (χ4v) is 1.66. The van der Waals surface area contributed by atoms with Gasteiger partial charge in [0.15, 0.2) is 5.65 Å². The van der Waals surface area contributed by atoms with Crippen LogP contribution in [-0.2, 0) is 0 Å². The van der Waals surface area contributed by atoms with Crippen molar-refractivity contribution in [1.29, 1.82) is 0 Å². The first-order valence-electron chi connectivity index (χ1n) is 4.83. The zero-order valence-corrected chi connectivity index (χ0v) is 9.54. The van der Waals surface area contributed by atoms with Gasteiger partial charge in [-0.1, -0.05) is 25.4 Å². The molecule has 0 aliphatic rings. The van der Waals surface area contributed by atoms with E-state index in [4.69, 9.17) is 11.6 Å². The molecular formula is C10H10ClF2N3. The molecule has 0 saturated heterocycles. The molecule has 0 saturated carbocycles. The Morgan fingerprint density at radius 2 is 2.00 bits per heavy atom. The largest absolute Gasteiger partial charge is 0.299 e. The Kier molecular flexibility index (Phi) is 2.80. The van der Waals surface area contributed by atoms with Crippen molar-refractivity contribution in [3.05, 3.63) is 28.7 Å². The van der Waals surface area contributed by atoms with Crippen molar-refractivity contribution in [2.45, 2.75) is 26.2 Å². The summed E-state index contributed by atoms with van der Waals surface area (Å²) in [4.78, 5) is 3.73. The summed E-state index contributed by atoms with van der Waals surface area (Å²) in [6.45, 7) is 3.99. The second-order valence-electron chi connectivity index (χ2n) is 3.81. The lowest BCUT2D eigenvalue weighted by Crippen LogP contribution is -1.95. The molecule has 0 N–H and O–H groups in total. The highest BCUT2D eigenvalue weighted by Gasteiger charge is 2.16. The summed E-state index contributed by atoms with van der Waals surface area (Å²) in [6.07, 6.45) is -2.68. The van der Waals surface area contributed by atoms with Gasteiger partial charge in [0.1, 0.15) is 5.15 Å². The molecule has 2 aromatic rings. The van der Waals surface area contributed by atoms with E-state index in [1.807, 2.05) is 13.8 Å². The molecule has 0 aromatic carbocycles. The SMILES string of the molecule is CC(C)c1cc(Cl)n2nc(C(F)F)nc2c1. The van der Waals surface area contributed by atoms with Crippen molar-refractivity contribution < 1.29 is 8.78 Å². The van der Waals surface area contributed by atoms with Crippen LogP contribution in [0.4, 0.5) is 8.78 Å². The minimum atomic E-state index is -2.68. The average molecular weight is 246 g/mol. The van der Waals surface area contributed by atoms with Gasteiger partial charge in [0.05, 0.1) is 0 Å². The van der Waals surface area contributed by atoms with Crippen LogP contribution < -0.4 is 0 Å². The predicted octanol–water partition coefficient (Wildman–Crippen LogP) is 3.44. The van der Waals surface area contributed by atoms with Gasteiger partial charge in [0.25, 0.3) is 6.43 Å². The molecule has 0 aliphatic carbocycles. The van der Waals surface area contributed by atoms with E-state index in [2.05, 4.69) is 10.1 Å². The van der Waals surface area contributed by atoms with Crippen molar-refractivity contribution in [2.75, 3.05) is 0 Å². The van der Waals surface area contributed by atoms with E-state index < -0.39 is 12.2 Å². The molecule has 0 amide bonds. The molecule has 0 atom stereocenters. The number of halogens is 3. The van der Waals surface area contributed by atoms with E-state index in [1.165, 1.54) is 4.52 Å². The molecule has 0 unspecified atom stereocenters. The summed E-state index contributed by atoms with van der Waals surface area (Å²) in [6, 6.07) is 3.43. The van der Waals surface area contributed by atoms with Crippen molar-refractivity contribution in [3.63, 3.8) is 0 Å². The minimum absolute atomic E-state index is 0.259. The van der Waals surface area contributed by atoms with E-state index in [0.29, 0.717) is 10.8 Å². The summed E-state index contributed by atoms with van der Waals surface area (Å²) in [5.74, 6) is -0.239. The Balaban J connectivity index is 2.63. The summed E-state index contributed by atoms with van der Waals surface area (Å²) in [5.41, 5.74) is 1.30. The van der Waals surface area contributed by atoms with Crippen molar-refractivity contribution in [2.24, 2.45) is 0 Å². The van der Waals surface area contributed by atoms with Crippen LogP contribution in [0.1, 0.15) is 37.6 Å². The predicted molar refractivity (Wildman–Crippen MR) is 57.0 cm³/mol. The topological polar surface area (TPSA) is 30.2 Å². The number of alkyl halides is 2. The molecular weight excluding hydrogens is 236 g/mol. The molecule has 2 rings (SSSR count). The van der Waals surface area contributed by atoms with E-state index in [0.717, 1.165) is 5.56 Å². The maximum Gasteiger partial charge on any atom is 0.299 e. The van der Waals surface area contributed by atoms with Crippen LogP contribution in [0.5, 0.6) is 0 Å². The van der Waals surface area contributed by atoms with Gasteiger partial charge in [0.2, 0.25) is 5.82 Å². The van der Waals surface area contributed by atoms with Gasteiger partial charge in [0, 0.05) is 0 Å². The molecule has 3 nitrogen and oxygen atoms in total. The highest BCUT2D eigenvalue weighted by atomic mass is 35.5. The molecule has 0 radical (unpaired) electrons. The van der Waals surface area contributed by atoms with Gasteiger partial charge in [-0.15, -0.1) is 5.10 Å². The molecule has 0 spiro atoms. The highest BCUT2D eigenvalue weighted by Crippen LogP contribution is 2.23. The number of pyridine rings is 1. The van der Waals surface area contributed by atoms with Gasteiger partial charge >= 0.3 is 0 Å². The molecule has 0 aliphatic heterocycles. The van der Waals surface area contributed by atoms with Crippen LogP contribution >= 0.6 is 11.6 Å². The summed E-state index contributed by atoms with van der Waals surface area (Å²) in [5, 5.41) is 3.93. The number of fused-ring (bicyclic) bond motifs is 1. The first kappa shape index (κ1) is 11.3. The van der Waals surface area contributed by atoms with Crippen LogP contribution in [0, 0.1) is 0 Å². The number of nitrogens with zero attached hydrogens (tertiary/aromatic N) is 3. The molecule has 2 aromatic heterocycles. The summed E-state index contributed by atoms with van der Waals surface area (Å²) in [7, 11) is 0. The van der Waals surface area contributed by atoms with Crippen LogP contribution in [-0.4, -0.2) is 14.6 Å². The Labute approximate surface area is 96.1 Å². The van der Waals surface area contributed by atoms with E-state index in [-0.39, 0.29) is 5.92 Å².